The Morgan fingerprint density at radius 3 is 2.38 bits per heavy atom. The van der Waals surface area contributed by atoms with Gasteiger partial charge in [0.25, 0.3) is 0 Å². The highest BCUT2D eigenvalue weighted by atomic mass is 32.2. The van der Waals surface area contributed by atoms with Gasteiger partial charge in [-0.05, 0) is 31.0 Å². The van der Waals surface area contributed by atoms with Crippen LogP contribution in [0.3, 0.4) is 0 Å². The largest absolute Gasteiger partial charge is 0.445 e. The van der Waals surface area contributed by atoms with Crippen molar-refractivity contribution in [3.8, 4) is 0 Å². The number of anilines is 1. The topological polar surface area (TPSA) is 114 Å². The van der Waals surface area contributed by atoms with Gasteiger partial charge >= 0.3 is 6.09 Å². The van der Waals surface area contributed by atoms with Crippen LogP contribution < -0.4 is 15.4 Å². The number of amides is 2. The molecule has 3 aromatic carbocycles. The fourth-order valence-corrected chi connectivity index (χ4v) is 4.63. The summed E-state index contributed by atoms with van der Waals surface area (Å²) in [7, 11) is -3.70. The predicted molar refractivity (Wildman–Crippen MR) is 132 cm³/mol. The second-order valence-electron chi connectivity index (χ2n) is 7.83. The Morgan fingerprint density at radius 1 is 0.941 bits per heavy atom. The molecule has 3 aromatic rings. The first-order chi connectivity index (χ1) is 16.3. The summed E-state index contributed by atoms with van der Waals surface area (Å²) in [6, 6.07) is 18.3. The van der Waals surface area contributed by atoms with Gasteiger partial charge in [-0.2, -0.15) is 0 Å². The zero-order chi connectivity index (χ0) is 24.6. The van der Waals surface area contributed by atoms with Crippen LogP contribution in [0, 0.1) is 0 Å². The summed E-state index contributed by atoms with van der Waals surface area (Å²) in [5.41, 5.74) is 1.28. The normalized spacial score (nSPS) is 12.2. The lowest BCUT2D eigenvalue weighted by Gasteiger charge is -2.16. The van der Waals surface area contributed by atoms with Gasteiger partial charge in [0.05, 0.1) is 4.90 Å². The first kappa shape index (κ1) is 25.2. The molecule has 1 unspecified atom stereocenters. The summed E-state index contributed by atoms with van der Waals surface area (Å²) in [6.07, 6.45) is 0.903. The van der Waals surface area contributed by atoms with E-state index in [1.54, 1.807) is 30.3 Å². The molecule has 0 aromatic heterocycles. The van der Waals surface area contributed by atoms with Gasteiger partial charge in [-0.25, -0.2) is 17.9 Å². The molecule has 0 saturated heterocycles. The van der Waals surface area contributed by atoms with E-state index in [0.29, 0.717) is 23.0 Å². The van der Waals surface area contributed by atoms with E-state index in [1.807, 2.05) is 37.3 Å². The van der Waals surface area contributed by atoms with Crippen molar-refractivity contribution in [3.63, 3.8) is 0 Å². The van der Waals surface area contributed by atoms with Crippen molar-refractivity contribution in [2.75, 3.05) is 11.9 Å². The van der Waals surface area contributed by atoms with Crippen molar-refractivity contribution in [2.45, 2.75) is 44.2 Å². The van der Waals surface area contributed by atoms with Crippen molar-refractivity contribution in [2.24, 2.45) is 0 Å². The fourth-order valence-electron chi connectivity index (χ4n) is 3.33. The number of hydrogen-bond acceptors (Lipinski definition) is 5. The van der Waals surface area contributed by atoms with Crippen LogP contribution in [0.2, 0.25) is 0 Å². The van der Waals surface area contributed by atoms with E-state index in [4.69, 9.17) is 4.74 Å². The maximum Gasteiger partial charge on any atom is 0.408 e. The van der Waals surface area contributed by atoms with Gasteiger partial charge in [0.1, 0.15) is 12.6 Å². The van der Waals surface area contributed by atoms with Gasteiger partial charge in [-0.3, -0.25) is 4.79 Å². The van der Waals surface area contributed by atoms with E-state index in [0.717, 1.165) is 18.4 Å². The zero-order valence-corrected chi connectivity index (χ0v) is 20.0. The number of ether oxygens (including phenoxy) is 1. The Morgan fingerprint density at radius 2 is 1.65 bits per heavy atom. The molecule has 0 radical (unpaired) electrons. The molecule has 0 bridgehead atoms. The number of sulfonamides is 1. The molecule has 0 heterocycles. The van der Waals surface area contributed by atoms with Gasteiger partial charge in [0.15, 0.2) is 0 Å². The number of fused-ring (bicyclic) bond motifs is 1. The highest BCUT2D eigenvalue weighted by Gasteiger charge is 2.20. The number of hydrogen-bond donors (Lipinski definition) is 3. The number of carbonyl (C=O) groups is 2. The van der Waals surface area contributed by atoms with Crippen LogP contribution in [-0.2, 0) is 26.2 Å². The number of benzene rings is 3. The summed E-state index contributed by atoms with van der Waals surface area (Å²) in [5.74, 6) is -0.460. The summed E-state index contributed by atoms with van der Waals surface area (Å²) < 4.78 is 33.4. The number of alkyl carbamates (subject to hydrolysis) is 1. The molecule has 180 valence electrons. The Balaban J connectivity index is 1.69. The Kier molecular flexibility index (Phi) is 8.61. The molecule has 9 heteroatoms. The van der Waals surface area contributed by atoms with E-state index >= 15 is 0 Å². The number of rotatable bonds is 10. The molecule has 0 aliphatic carbocycles. The number of nitrogens with one attached hydrogen (secondary N) is 3. The molecule has 0 saturated carbocycles. The summed E-state index contributed by atoms with van der Waals surface area (Å²) in [5, 5.41) is 6.34. The van der Waals surface area contributed by atoms with Crippen LogP contribution in [0.25, 0.3) is 10.8 Å². The standard InChI is InChI=1S/C25H29N3O5S/c1-3-4-16-26-34(31,32)23-15-9-12-20-21(23)13-8-14-22(20)28-24(29)18(2)27-25(30)33-17-19-10-6-5-7-11-19/h5-15,18,26H,3-4,16-17H2,1-2H3,(H,27,30)(H,28,29). The quantitative estimate of drug-likeness (QED) is 0.375. The van der Waals surface area contributed by atoms with E-state index in [9.17, 15) is 18.0 Å². The molecule has 8 nitrogen and oxygen atoms in total. The smallest absolute Gasteiger partial charge is 0.408 e. The third-order valence-corrected chi connectivity index (χ3v) is 6.71. The Hall–Kier alpha value is -3.43. The molecule has 3 N–H and O–H groups in total. The minimum absolute atomic E-state index is 0.0911. The van der Waals surface area contributed by atoms with E-state index in [1.165, 1.54) is 13.0 Å². The third-order valence-electron chi connectivity index (χ3n) is 5.19. The van der Waals surface area contributed by atoms with Gasteiger partial charge in [-0.15, -0.1) is 0 Å². The molecule has 0 fully saturated rings. The molecule has 0 aliphatic rings. The Bertz CT molecular complexity index is 1250. The van der Waals surface area contributed by atoms with Crippen LogP contribution in [0.4, 0.5) is 10.5 Å². The molecule has 3 rings (SSSR count). The minimum Gasteiger partial charge on any atom is -0.445 e. The zero-order valence-electron chi connectivity index (χ0n) is 19.2. The lowest BCUT2D eigenvalue weighted by Crippen LogP contribution is -2.41. The van der Waals surface area contributed by atoms with Crippen molar-refractivity contribution in [1.29, 1.82) is 0 Å². The average Bonchev–Trinajstić information content (AvgIpc) is 2.83. The molecule has 34 heavy (non-hydrogen) atoms. The molecular formula is C25H29N3O5S. The lowest BCUT2D eigenvalue weighted by molar-refractivity contribution is -0.117. The maximum absolute atomic E-state index is 12.8. The van der Waals surface area contributed by atoms with Crippen molar-refractivity contribution in [1.82, 2.24) is 10.0 Å². The molecular weight excluding hydrogens is 454 g/mol. The predicted octanol–water partition coefficient (Wildman–Crippen LogP) is 4.17. The minimum atomic E-state index is -3.70. The fraction of sp³-hybridized carbons (Fsp3) is 0.280. The molecule has 0 aliphatic heterocycles. The molecule has 0 spiro atoms. The van der Waals surface area contributed by atoms with E-state index in [2.05, 4.69) is 15.4 Å². The van der Waals surface area contributed by atoms with Crippen molar-refractivity contribution < 1.29 is 22.7 Å². The SMILES string of the molecule is CCCCNS(=O)(=O)c1cccc2c(NC(=O)C(C)NC(=O)OCc3ccccc3)cccc12. The first-order valence-corrected chi connectivity index (χ1v) is 12.6. The Labute approximate surface area is 199 Å². The highest BCUT2D eigenvalue weighted by molar-refractivity contribution is 7.89. The van der Waals surface area contributed by atoms with Crippen LogP contribution >= 0.6 is 0 Å². The van der Waals surface area contributed by atoms with Gasteiger partial charge in [0.2, 0.25) is 15.9 Å². The third kappa shape index (κ3) is 6.55. The van der Waals surface area contributed by atoms with Crippen molar-refractivity contribution in [3.05, 3.63) is 72.3 Å². The van der Waals surface area contributed by atoms with Gasteiger partial charge < -0.3 is 15.4 Å². The van der Waals surface area contributed by atoms with Crippen LogP contribution in [-0.4, -0.2) is 33.0 Å². The maximum atomic E-state index is 12.8. The van der Waals surface area contributed by atoms with Crippen molar-refractivity contribution >= 4 is 38.5 Å². The number of unbranched alkanes of at least 4 members (excludes halogenated alkanes) is 1. The summed E-state index contributed by atoms with van der Waals surface area (Å²) >= 11 is 0. The molecule has 2 amide bonds. The second-order valence-corrected chi connectivity index (χ2v) is 9.56. The van der Waals surface area contributed by atoms with Crippen LogP contribution in [0.5, 0.6) is 0 Å². The van der Waals surface area contributed by atoms with Crippen LogP contribution in [0.1, 0.15) is 32.3 Å². The van der Waals surface area contributed by atoms with E-state index in [-0.39, 0.29) is 11.5 Å². The highest BCUT2D eigenvalue weighted by Crippen LogP contribution is 2.29. The van der Waals surface area contributed by atoms with Crippen LogP contribution in [0.15, 0.2) is 71.6 Å². The summed E-state index contributed by atoms with van der Waals surface area (Å²) in [4.78, 5) is 24.9. The summed E-state index contributed by atoms with van der Waals surface area (Å²) in [6.45, 7) is 3.97. The monoisotopic (exact) mass is 483 g/mol. The first-order valence-electron chi connectivity index (χ1n) is 11.1. The lowest BCUT2D eigenvalue weighted by atomic mass is 10.1. The van der Waals surface area contributed by atoms with Gasteiger partial charge in [-0.1, -0.05) is 67.9 Å². The average molecular weight is 484 g/mol. The number of carbonyl (C=O) groups excluding carboxylic acids is 2. The molecule has 1 atom stereocenters. The van der Waals surface area contributed by atoms with Gasteiger partial charge in [0, 0.05) is 23.0 Å². The van der Waals surface area contributed by atoms with E-state index < -0.39 is 28.1 Å². The second kappa shape index (κ2) is 11.6.